The van der Waals surface area contributed by atoms with Crippen LogP contribution in [0.2, 0.25) is 17.7 Å². The molecule has 3 aliphatic heterocycles. The van der Waals surface area contributed by atoms with Crippen LogP contribution in [-0.4, -0.2) is 50.1 Å². The first-order valence-electron chi connectivity index (χ1n) is 12.5. The van der Waals surface area contributed by atoms with Crippen LogP contribution < -0.4 is 0 Å². The van der Waals surface area contributed by atoms with E-state index in [9.17, 15) is 0 Å². The predicted octanol–water partition coefficient (Wildman–Crippen LogP) is 6.25. The second kappa shape index (κ2) is 9.04. The van der Waals surface area contributed by atoms with E-state index in [2.05, 4.69) is 27.7 Å². The topological polar surface area (TPSA) is 27.7 Å². The summed E-state index contributed by atoms with van der Waals surface area (Å²) >= 11 is -2.20. The summed E-state index contributed by atoms with van der Waals surface area (Å²) in [4.78, 5) is 0. The van der Waals surface area contributed by atoms with E-state index in [0.717, 1.165) is 25.0 Å². The summed E-state index contributed by atoms with van der Waals surface area (Å²) in [5.74, 6) is 2.08. The summed E-state index contributed by atoms with van der Waals surface area (Å²) in [6, 6.07) is 0. The average Bonchev–Trinajstić information content (AvgIpc) is 3.33. The fourth-order valence-electron chi connectivity index (χ4n) is 7.61. The van der Waals surface area contributed by atoms with Gasteiger partial charge in [-0.1, -0.05) is 0 Å². The second-order valence-electron chi connectivity index (χ2n) is 10.7. The van der Waals surface area contributed by atoms with Crippen molar-refractivity contribution in [3.63, 3.8) is 0 Å². The fraction of sp³-hybridized carbons (Fsp3) is 1.00. The third-order valence-corrected chi connectivity index (χ3v) is 25.0. The van der Waals surface area contributed by atoms with E-state index >= 15 is 0 Å². The molecule has 4 aliphatic rings. The van der Waals surface area contributed by atoms with Crippen LogP contribution in [0.4, 0.5) is 0 Å². The van der Waals surface area contributed by atoms with Gasteiger partial charge in [0.05, 0.1) is 0 Å². The molecule has 1 aliphatic carbocycles. The van der Waals surface area contributed by atoms with Crippen molar-refractivity contribution in [2.45, 2.75) is 109 Å². The Balaban J connectivity index is 1.61. The number of hydrogen-bond donors (Lipinski definition) is 0. The molecule has 0 aromatic rings. The summed E-state index contributed by atoms with van der Waals surface area (Å²) in [5.41, 5.74) is 0.478. The van der Waals surface area contributed by atoms with E-state index in [0.29, 0.717) is 17.4 Å². The Morgan fingerprint density at radius 3 is 2.18 bits per heavy atom. The average molecular weight is 499 g/mol. The molecule has 0 amide bonds. The summed E-state index contributed by atoms with van der Waals surface area (Å²) in [6.07, 6.45) is 10.5. The van der Waals surface area contributed by atoms with Gasteiger partial charge in [0.1, 0.15) is 0 Å². The molecular weight excluding hydrogens is 455 g/mol. The number of hydrogen-bond acceptors (Lipinski definition) is 3. The number of unbranched alkanes of at least 4 members (excludes halogenated alkanes) is 3. The molecule has 3 heterocycles. The maximum absolute atomic E-state index is 6.54. The molecule has 0 unspecified atom stereocenters. The van der Waals surface area contributed by atoms with Crippen molar-refractivity contribution in [2.24, 2.45) is 23.2 Å². The Bertz CT molecular complexity index is 504. The molecule has 3 saturated heterocycles. The van der Waals surface area contributed by atoms with Crippen LogP contribution >= 0.6 is 0 Å². The number of rotatable bonds is 11. The third kappa shape index (κ3) is 3.84. The Morgan fingerprint density at radius 1 is 0.929 bits per heavy atom. The fourth-order valence-corrected chi connectivity index (χ4v) is 26.3. The van der Waals surface area contributed by atoms with Crippen molar-refractivity contribution in [3.05, 3.63) is 0 Å². The van der Waals surface area contributed by atoms with Crippen molar-refractivity contribution in [1.82, 2.24) is 0 Å². The molecule has 4 heteroatoms. The molecule has 1 saturated carbocycles. The first kappa shape index (κ1) is 21.9. The van der Waals surface area contributed by atoms with Gasteiger partial charge in [-0.05, 0) is 0 Å². The molecule has 4 rings (SSSR count). The van der Waals surface area contributed by atoms with E-state index in [1.807, 2.05) is 0 Å². The molecule has 0 aromatic heterocycles. The Labute approximate surface area is 177 Å². The van der Waals surface area contributed by atoms with Gasteiger partial charge in [-0.2, -0.15) is 0 Å². The molecule has 162 valence electrons. The summed E-state index contributed by atoms with van der Waals surface area (Å²) in [5, 5.41) is 0. The summed E-state index contributed by atoms with van der Waals surface area (Å²) in [7, 11) is 0. The van der Waals surface area contributed by atoms with Gasteiger partial charge in [-0.25, -0.2) is 0 Å². The summed E-state index contributed by atoms with van der Waals surface area (Å²) < 4.78 is 25.4. The Morgan fingerprint density at radius 2 is 1.57 bits per heavy atom. The van der Waals surface area contributed by atoms with E-state index in [-0.39, 0.29) is 12.4 Å². The van der Waals surface area contributed by atoms with Crippen molar-refractivity contribution in [2.75, 3.05) is 13.2 Å². The quantitative estimate of drug-likeness (QED) is 0.315. The van der Waals surface area contributed by atoms with Gasteiger partial charge >= 0.3 is 178 Å². The van der Waals surface area contributed by atoms with Crippen LogP contribution in [0, 0.1) is 23.2 Å². The zero-order valence-electron chi connectivity index (χ0n) is 18.9. The summed E-state index contributed by atoms with van der Waals surface area (Å²) in [6.45, 7) is 11.4. The van der Waals surface area contributed by atoms with Gasteiger partial charge in [0, 0.05) is 0 Å². The zero-order chi connectivity index (χ0) is 19.8. The van der Waals surface area contributed by atoms with Crippen molar-refractivity contribution in [3.8, 4) is 0 Å². The van der Waals surface area contributed by atoms with Crippen LogP contribution in [0.1, 0.15) is 72.6 Å². The molecular formula is C24H44O3Sn. The number of ether oxygens (including phenoxy) is 3. The molecule has 0 spiro atoms. The van der Waals surface area contributed by atoms with Gasteiger partial charge in [0.15, 0.2) is 0 Å². The molecule has 28 heavy (non-hydrogen) atoms. The van der Waals surface area contributed by atoms with E-state index in [4.69, 9.17) is 14.2 Å². The molecule has 0 N–H and O–H groups in total. The molecule has 4 fully saturated rings. The van der Waals surface area contributed by atoms with Gasteiger partial charge in [-0.15, -0.1) is 0 Å². The van der Waals surface area contributed by atoms with Gasteiger partial charge in [0.25, 0.3) is 0 Å². The monoisotopic (exact) mass is 500 g/mol. The third-order valence-electron chi connectivity index (χ3n) is 8.76. The van der Waals surface area contributed by atoms with E-state index in [1.54, 1.807) is 17.7 Å². The SMILES string of the molecule is CCC[CH2][Sn]([CH2]CCC)([CH2]CCC)[CH2][C@]12CO[C@@H]3[C@H]1[C@@H]1[C@@H](CO[C@@H]1O[C@H]3C)C2. The predicted molar refractivity (Wildman–Crippen MR) is 117 cm³/mol. The van der Waals surface area contributed by atoms with Crippen LogP contribution in [-0.2, 0) is 14.2 Å². The van der Waals surface area contributed by atoms with Gasteiger partial charge < -0.3 is 0 Å². The Kier molecular flexibility index (Phi) is 7.07. The molecule has 3 nitrogen and oxygen atoms in total. The van der Waals surface area contributed by atoms with Crippen molar-refractivity contribution >= 4 is 18.4 Å². The van der Waals surface area contributed by atoms with E-state index < -0.39 is 18.4 Å². The molecule has 7 atom stereocenters. The minimum atomic E-state index is -2.20. The molecule has 0 radical (unpaired) electrons. The minimum absolute atomic E-state index is 0.0661. The van der Waals surface area contributed by atoms with Gasteiger partial charge in [0.2, 0.25) is 0 Å². The normalized spacial score (nSPS) is 41.6. The maximum atomic E-state index is 6.54. The van der Waals surface area contributed by atoms with Crippen LogP contribution in [0.3, 0.4) is 0 Å². The van der Waals surface area contributed by atoms with Crippen LogP contribution in [0.25, 0.3) is 0 Å². The van der Waals surface area contributed by atoms with Crippen LogP contribution in [0.5, 0.6) is 0 Å². The van der Waals surface area contributed by atoms with Crippen molar-refractivity contribution < 1.29 is 14.2 Å². The van der Waals surface area contributed by atoms with Crippen LogP contribution in [0.15, 0.2) is 0 Å². The first-order valence-corrected chi connectivity index (χ1v) is 20.5. The zero-order valence-corrected chi connectivity index (χ0v) is 21.7. The second-order valence-corrected chi connectivity index (χ2v) is 24.6. The Hall–Kier alpha value is 0.679. The molecule has 0 aromatic carbocycles. The first-order chi connectivity index (χ1) is 13.6. The van der Waals surface area contributed by atoms with Crippen molar-refractivity contribution in [1.29, 1.82) is 0 Å². The standard InChI is InChI=1S/C12H17O3.3C4H9.Sn/c1-6-10-9-8-7(4-13-11(8)15-6)3-12(9,2)5-14-10;3*1-3-4-2;/h6-11H,2-5H2,1H3;3*1,3-4H2,2H3;/t6-,7+,8-,9+,10-,11+,12-;;;;/m0..../s1. The van der Waals surface area contributed by atoms with Gasteiger partial charge in [-0.3, -0.25) is 0 Å². The van der Waals surface area contributed by atoms with E-state index in [1.165, 1.54) is 44.9 Å². The molecule has 0 bridgehead atoms.